The van der Waals surface area contributed by atoms with Gasteiger partial charge in [-0.2, -0.15) is 0 Å². The molecule has 0 aliphatic heterocycles. The Morgan fingerprint density at radius 2 is 1.48 bits per heavy atom. The molecule has 1 aliphatic rings. The minimum Gasteiger partial charge on any atom is -0.354 e. The molecule has 0 unspecified atom stereocenters. The lowest BCUT2D eigenvalue weighted by Gasteiger charge is -2.23. The fourth-order valence-electron chi connectivity index (χ4n) is 2.94. The van der Waals surface area contributed by atoms with Crippen LogP contribution in [0.15, 0.2) is 60.7 Å². The molecule has 0 atom stereocenters. The Bertz CT molecular complexity index is 627. The van der Waals surface area contributed by atoms with Crippen LogP contribution in [-0.4, -0.2) is 29.4 Å². The van der Waals surface area contributed by atoms with Crippen LogP contribution in [-0.2, 0) is 17.9 Å². The Balaban J connectivity index is 1.51. The van der Waals surface area contributed by atoms with Crippen LogP contribution in [0.2, 0.25) is 0 Å². The monoisotopic (exact) mass is 337 g/mol. The maximum absolute atomic E-state index is 11.9. The van der Waals surface area contributed by atoms with Crippen molar-refractivity contribution in [3.63, 3.8) is 0 Å². The molecule has 4 nitrogen and oxygen atoms in total. The molecule has 3 rings (SSSR count). The largest absolute Gasteiger partial charge is 0.354 e. The SMILES string of the molecule is NC1(C(=O)NCCCN(Cc2ccccc2)Cc2ccccc2)CC1. The van der Waals surface area contributed by atoms with Gasteiger partial charge in [0.25, 0.3) is 0 Å². The lowest BCUT2D eigenvalue weighted by molar-refractivity contribution is -0.123. The average Bonchev–Trinajstić information content (AvgIpc) is 3.39. The summed E-state index contributed by atoms with van der Waals surface area (Å²) in [6, 6.07) is 21.0. The van der Waals surface area contributed by atoms with Gasteiger partial charge in [0.1, 0.15) is 0 Å². The highest BCUT2D eigenvalue weighted by atomic mass is 16.2. The van der Waals surface area contributed by atoms with Gasteiger partial charge in [-0.3, -0.25) is 9.69 Å². The van der Waals surface area contributed by atoms with E-state index in [2.05, 4.69) is 58.7 Å². The molecular weight excluding hydrogens is 310 g/mol. The maximum Gasteiger partial charge on any atom is 0.240 e. The number of nitrogens with two attached hydrogens (primary N) is 1. The van der Waals surface area contributed by atoms with E-state index in [4.69, 9.17) is 5.73 Å². The molecule has 1 fully saturated rings. The molecule has 25 heavy (non-hydrogen) atoms. The van der Waals surface area contributed by atoms with Crippen molar-refractivity contribution in [2.75, 3.05) is 13.1 Å². The minimum atomic E-state index is -0.576. The summed E-state index contributed by atoms with van der Waals surface area (Å²) in [5, 5.41) is 2.98. The summed E-state index contributed by atoms with van der Waals surface area (Å²) in [5.41, 5.74) is 7.95. The van der Waals surface area contributed by atoms with Crippen LogP contribution in [0, 0.1) is 0 Å². The zero-order valence-corrected chi connectivity index (χ0v) is 14.7. The topological polar surface area (TPSA) is 58.4 Å². The molecule has 0 bridgehead atoms. The van der Waals surface area contributed by atoms with Gasteiger partial charge in [0, 0.05) is 26.2 Å². The Kier molecular flexibility index (Phi) is 5.84. The first-order valence-corrected chi connectivity index (χ1v) is 9.03. The van der Waals surface area contributed by atoms with Crippen molar-refractivity contribution in [2.45, 2.75) is 37.9 Å². The maximum atomic E-state index is 11.9. The first-order chi connectivity index (χ1) is 12.2. The summed E-state index contributed by atoms with van der Waals surface area (Å²) in [4.78, 5) is 14.3. The van der Waals surface area contributed by atoms with E-state index in [1.54, 1.807) is 0 Å². The van der Waals surface area contributed by atoms with Gasteiger partial charge in [-0.05, 0) is 30.4 Å². The molecule has 0 aromatic heterocycles. The second-order valence-corrected chi connectivity index (χ2v) is 6.95. The highest BCUT2D eigenvalue weighted by Gasteiger charge is 2.45. The molecule has 1 saturated carbocycles. The molecule has 4 heteroatoms. The first-order valence-electron chi connectivity index (χ1n) is 9.03. The number of hydrogen-bond donors (Lipinski definition) is 2. The number of carbonyl (C=O) groups is 1. The molecule has 0 saturated heterocycles. The summed E-state index contributed by atoms with van der Waals surface area (Å²) >= 11 is 0. The van der Waals surface area contributed by atoms with Crippen molar-refractivity contribution in [1.82, 2.24) is 10.2 Å². The summed E-state index contributed by atoms with van der Waals surface area (Å²) in [7, 11) is 0. The lowest BCUT2D eigenvalue weighted by Crippen LogP contribution is -2.43. The molecule has 0 radical (unpaired) electrons. The van der Waals surface area contributed by atoms with Gasteiger partial charge in [-0.1, -0.05) is 60.7 Å². The van der Waals surface area contributed by atoms with E-state index in [-0.39, 0.29) is 5.91 Å². The molecule has 132 valence electrons. The van der Waals surface area contributed by atoms with Crippen LogP contribution in [0.5, 0.6) is 0 Å². The van der Waals surface area contributed by atoms with E-state index < -0.39 is 5.54 Å². The predicted molar refractivity (Wildman–Crippen MR) is 101 cm³/mol. The standard InChI is InChI=1S/C21H27N3O/c22-21(12-13-21)20(25)23-14-7-15-24(16-18-8-3-1-4-9-18)17-19-10-5-2-6-11-19/h1-6,8-11H,7,12-17,22H2,(H,23,25). The van der Waals surface area contributed by atoms with Crippen molar-refractivity contribution in [2.24, 2.45) is 5.73 Å². The van der Waals surface area contributed by atoms with Gasteiger partial charge in [0.15, 0.2) is 0 Å². The van der Waals surface area contributed by atoms with Crippen LogP contribution in [0.3, 0.4) is 0 Å². The number of hydrogen-bond acceptors (Lipinski definition) is 3. The van der Waals surface area contributed by atoms with Crippen LogP contribution in [0.4, 0.5) is 0 Å². The van der Waals surface area contributed by atoms with Crippen molar-refractivity contribution >= 4 is 5.91 Å². The summed E-state index contributed by atoms with van der Waals surface area (Å²) < 4.78 is 0. The van der Waals surface area contributed by atoms with Crippen LogP contribution in [0.1, 0.15) is 30.4 Å². The second-order valence-electron chi connectivity index (χ2n) is 6.95. The summed E-state index contributed by atoms with van der Waals surface area (Å²) in [6.45, 7) is 3.43. The predicted octanol–water partition coefficient (Wildman–Crippen LogP) is 2.69. The first kappa shape index (κ1) is 17.6. The fourth-order valence-corrected chi connectivity index (χ4v) is 2.94. The van der Waals surface area contributed by atoms with Crippen molar-refractivity contribution in [1.29, 1.82) is 0 Å². The zero-order valence-electron chi connectivity index (χ0n) is 14.7. The van der Waals surface area contributed by atoms with Crippen molar-refractivity contribution in [3.8, 4) is 0 Å². The highest BCUT2D eigenvalue weighted by molar-refractivity contribution is 5.88. The smallest absolute Gasteiger partial charge is 0.240 e. The molecule has 1 aliphatic carbocycles. The third-order valence-corrected chi connectivity index (χ3v) is 4.68. The molecule has 2 aromatic carbocycles. The van der Waals surface area contributed by atoms with E-state index in [1.165, 1.54) is 11.1 Å². The van der Waals surface area contributed by atoms with Gasteiger partial charge in [0.05, 0.1) is 5.54 Å². The normalized spacial score (nSPS) is 15.1. The number of benzene rings is 2. The number of rotatable bonds is 9. The minimum absolute atomic E-state index is 0.00479. The average molecular weight is 337 g/mol. The zero-order chi connectivity index (χ0) is 17.5. The van der Waals surface area contributed by atoms with Crippen LogP contribution >= 0.6 is 0 Å². The lowest BCUT2D eigenvalue weighted by atomic mass is 10.1. The van der Waals surface area contributed by atoms with Crippen LogP contribution in [0.25, 0.3) is 0 Å². The number of carbonyl (C=O) groups excluding carboxylic acids is 1. The Morgan fingerprint density at radius 1 is 0.960 bits per heavy atom. The molecule has 1 amide bonds. The quantitative estimate of drug-likeness (QED) is 0.692. The number of amides is 1. The van der Waals surface area contributed by atoms with E-state index >= 15 is 0 Å². The van der Waals surface area contributed by atoms with Gasteiger partial charge in [0.2, 0.25) is 5.91 Å². The van der Waals surface area contributed by atoms with E-state index in [0.717, 1.165) is 38.9 Å². The van der Waals surface area contributed by atoms with Crippen molar-refractivity contribution < 1.29 is 4.79 Å². The molecule has 2 aromatic rings. The summed E-state index contributed by atoms with van der Waals surface area (Å²) in [6.07, 6.45) is 2.54. The van der Waals surface area contributed by atoms with Crippen LogP contribution < -0.4 is 11.1 Å². The Labute approximate surface area is 150 Å². The van der Waals surface area contributed by atoms with E-state index in [9.17, 15) is 4.79 Å². The molecule has 0 spiro atoms. The molecule has 3 N–H and O–H groups in total. The van der Waals surface area contributed by atoms with E-state index in [1.807, 2.05) is 12.1 Å². The third-order valence-electron chi connectivity index (χ3n) is 4.68. The molecular formula is C21H27N3O. The fraction of sp³-hybridized carbons (Fsp3) is 0.381. The van der Waals surface area contributed by atoms with Crippen molar-refractivity contribution in [3.05, 3.63) is 71.8 Å². The Morgan fingerprint density at radius 3 is 1.96 bits per heavy atom. The highest BCUT2D eigenvalue weighted by Crippen LogP contribution is 2.31. The third kappa shape index (κ3) is 5.41. The van der Waals surface area contributed by atoms with Gasteiger partial charge in [-0.25, -0.2) is 0 Å². The van der Waals surface area contributed by atoms with E-state index in [0.29, 0.717) is 6.54 Å². The molecule has 0 heterocycles. The van der Waals surface area contributed by atoms with Gasteiger partial charge in [-0.15, -0.1) is 0 Å². The Hall–Kier alpha value is -2.17. The van der Waals surface area contributed by atoms with Gasteiger partial charge >= 0.3 is 0 Å². The second kappa shape index (κ2) is 8.28. The summed E-state index contributed by atoms with van der Waals surface area (Å²) in [5.74, 6) is 0.00479. The van der Waals surface area contributed by atoms with Gasteiger partial charge < -0.3 is 11.1 Å². The number of nitrogens with zero attached hydrogens (tertiary/aromatic N) is 1. The number of nitrogens with one attached hydrogen (secondary N) is 1.